The highest BCUT2D eigenvalue weighted by atomic mass is 35.5. The zero-order chi connectivity index (χ0) is 25.1. The smallest absolute Gasteiger partial charge is 0.264 e. The average molecular weight is 538 g/mol. The van der Waals surface area contributed by atoms with Crippen LogP contribution in [-0.2, 0) is 14.8 Å². The van der Waals surface area contributed by atoms with Gasteiger partial charge >= 0.3 is 0 Å². The van der Waals surface area contributed by atoms with Crippen LogP contribution in [0, 0.1) is 0 Å². The quantitative estimate of drug-likeness (QED) is 0.279. The molecule has 0 aliphatic carbocycles. The minimum Gasteiger partial charge on any atom is -0.494 e. The second-order valence-electron chi connectivity index (χ2n) is 7.53. The molecule has 10 heteroatoms. The Bertz CT molecular complexity index is 1160. The molecule has 3 aromatic rings. The van der Waals surface area contributed by atoms with Gasteiger partial charge in [0.05, 0.1) is 42.6 Å². The van der Waals surface area contributed by atoms with Crippen molar-refractivity contribution in [2.45, 2.75) is 11.3 Å². The average Bonchev–Trinajstić information content (AvgIpc) is 2.85. The predicted octanol–water partition coefficient (Wildman–Crippen LogP) is 5.05. The van der Waals surface area contributed by atoms with E-state index in [9.17, 15) is 8.42 Å². The van der Waals surface area contributed by atoms with E-state index in [1.807, 2.05) is 24.3 Å². The molecule has 0 atom stereocenters. The zero-order valence-corrected chi connectivity index (χ0v) is 21.5. The number of nitrogens with two attached hydrogens (primary N) is 1. The number of anilines is 2. The molecule has 0 aromatic heterocycles. The van der Waals surface area contributed by atoms with Crippen LogP contribution in [0.2, 0.25) is 10.0 Å². The molecule has 0 bridgehead atoms. The van der Waals surface area contributed by atoms with Gasteiger partial charge in [-0.15, -0.1) is 0 Å². The van der Waals surface area contributed by atoms with E-state index in [2.05, 4.69) is 5.32 Å². The maximum atomic E-state index is 13.6. The van der Waals surface area contributed by atoms with Crippen LogP contribution >= 0.6 is 23.2 Å². The summed E-state index contributed by atoms with van der Waals surface area (Å²) in [5.41, 5.74) is 6.71. The first-order valence-electron chi connectivity index (χ1n) is 11.2. The van der Waals surface area contributed by atoms with Gasteiger partial charge in [0.25, 0.3) is 10.0 Å². The maximum absolute atomic E-state index is 13.6. The zero-order valence-electron chi connectivity index (χ0n) is 19.2. The number of hydrogen-bond acceptors (Lipinski definition) is 6. The second-order valence-corrected chi connectivity index (χ2v) is 10.3. The lowest BCUT2D eigenvalue weighted by atomic mass is 10.2. The molecule has 0 heterocycles. The summed E-state index contributed by atoms with van der Waals surface area (Å²) in [6.07, 6.45) is 0.709. The summed E-state index contributed by atoms with van der Waals surface area (Å²) in [4.78, 5) is 0.145. The van der Waals surface area contributed by atoms with Crippen molar-refractivity contribution >= 4 is 44.6 Å². The summed E-state index contributed by atoms with van der Waals surface area (Å²) in [6, 6.07) is 20.6. The number of rotatable bonds is 14. The van der Waals surface area contributed by atoms with Crippen LogP contribution in [0.4, 0.5) is 11.4 Å². The van der Waals surface area contributed by atoms with Gasteiger partial charge in [0.1, 0.15) is 5.75 Å². The largest absolute Gasteiger partial charge is 0.494 e. The van der Waals surface area contributed by atoms with Crippen molar-refractivity contribution in [3.05, 3.63) is 82.8 Å². The van der Waals surface area contributed by atoms with Gasteiger partial charge in [0.2, 0.25) is 0 Å². The first-order chi connectivity index (χ1) is 16.9. The van der Waals surface area contributed by atoms with Gasteiger partial charge in [-0.1, -0.05) is 35.3 Å². The van der Waals surface area contributed by atoms with E-state index in [0.717, 1.165) is 5.75 Å². The lowest BCUT2D eigenvalue weighted by molar-refractivity contribution is 0.150. The monoisotopic (exact) mass is 537 g/mol. The molecule has 0 saturated heterocycles. The molecule has 0 aliphatic rings. The van der Waals surface area contributed by atoms with Crippen LogP contribution in [0.15, 0.2) is 77.7 Å². The van der Waals surface area contributed by atoms with Crippen LogP contribution in [-0.4, -0.2) is 47.9 Å². The number of hydrogen-bond donors (Lipinski definition) is 2. The van der Waals surface area contributed by atoms with Gasteiger partial charge in [-0.3, -0.25) is 4.31 Å². The van der Waals surface area contributed by atoms with Gasteiger partial charge < -0.3 is 20.5 Å². The second kappa shape index (κ2) is 13.6. The van der Waals surface area contributed by atoms with Gasteiger partial charge in [-0.25, -0.2) is 8.42 Å². The van der Waals surface area contributed by atoms with Crippen LogP contribution in [0.5, 0.6) is 5.75 Å². The first-order valence-corrected chi connectivity index (χ1v) is 13.4. The van der Waals surface area contributed by atoms with Gasteiger partial charge in [-0.05, 0) is 67.1 Å². The number of ether oxygens (including phenoxy) is 2. The molecule has 0 spiro atoms. The van der Waals surface area contributed by atoms with E-state index in [-0.39, 0.29) is 18.0 Å². The van der Waals surface area contributed by atoms with Crippen LogP contribution < -0.4 is 20.1 Å². The summed E-state index contributed by atoms with van der Waals surface area (Å²) in [5.74, 6) is 0.743. The molecule has 0 amide bonds. The van der Waals surface area contributed by atoms with Crippen molar-refractivity contribution < 1.29 is 17.9 Å². The Hall–Kier alpha value is -2.49. The van der Waals surface area contributed by atoms with Crippen molar-refractivity contribution in [1.82, 2.24) is 0 Å². The van der Waals surface area contributed by atoms with Crippen molar-refractivity contribution in [3.8, 4) is 5.75 Å². The van der Waals surface area contributed by atoms with Crippen molar-refractivity contribution in [3.63, 3.8) is 0 Å². The Morgan fingerprint density at radius 2 is 1.51 bits per heavy atom. The fourth-order valence-corrected chi connectivity index (χ4v) is 5.01. The molecule has 3 rings (SSSR count). The maximum Gasteiger partial charge on any atom is 0.264 e. The van der Waals surface area contributed by atoms with E-state index in [1.165, 1.54) is 16.4 Å². The molecule has 7 nitrogen and oxygen atoms in total. The lowest BCUT2D eigenvalue weighted by Crippen LogP contribution is -2.35. The summed E-state index contributed by atoms with van der Waals surface area (Å²) in [7, 11) is -3.87. The van der Waals surface area contributed by atoms with E-state index in [4.69, 9.17) is 38.4 Å². The molecule has 0 saturated carbocycles. The molecular weight excluding hydrogens is 509 g/mol. The highest BCUT2D eigenvalue weighted by molar-refractivity contribution is 7.92. The number of para-hydroxylation sites is 2. The molecule has 188 valence electrons. The lowest BCUT2D eigenvalue weighted by Gasteiger charge is -2.27. The summed E-state index contributed by atoms with van der Waals surface area (Å²) >= 11 is 11.9. The third-order valence-corrected chi connectivity index (χ3v) is 7.33. The van der Waals surface area contributed by atoms with E-state index in [0.29, 0.717) is 54.1 Å². The van der Waals surface area contributed by atoms with Crippen LogP contribution in [0.25, 0.3) is 0 Å². The topological polar surface area (TPSA) is 93.9 Å². The molecule has 0 fully saturated rings. The van der Waals surface area contributed by atoms with Crippen molar-refractivity contribution in [2.75, 3.05) is 49.1 Å². The third-order valence-electron chi connectivity index (χ3n) is 4.99. The number of nitrogens with zero attached hydrogens (tertiary/aromatic N) is 1. The Morgan fingerprint density at radius 3 is 2.20 bits per heavy atom. The fraction of sp³-hybridized carbons (Fsp3) is 0.280. The Balaban J connectivity index is 1.72. The fourth-order valence-electron chi connectivity index (χ4n) is 3.29. The van der Waals surface area contributed by atoms with Gasteiger partial charge in [-0.2, -0.15) is 0 Å². The van der Waals surface area contributed by atoms with E-state index in [1.54, 1.807) is 36.4 Å². The molecule has 0 unspecified atom stereocenters. The van der Waals surface area contributed by atoms with Gasteiger partial charge in [0, 0.05) is 23.1 Å². The Kier molecular flexibility index (Phi) is 10.5. The highest BCUT2D eigenvalue weighted by Crippen LogP contribution is 2.31. The van der Waals surface area contributed by atoms with E-state index >= 15 is 0 Å². The summed E-state index contributed by atoms with van der Waals surface area (Å²) < 4.78 is 39.7. The first kappa shape index (κ1) is 27.1. The standard InChI is InChI=1S/C25H29Cl2N3O4S/c26-20-6-10-22(11-7-20)34-17-3-15-29-24-4-1-2-5-25(24)30(16-19-33-18-14-28)35(31,32)23-12-8-21(27)9-13-23/h1-2,4-13,29H,3,14-19,28H2. The summed E-state index contributed by atoms with van der Waals surface area (Å²) in [6.45, 7) is 2.12. The molecular formula is C25H29Cl2N3O4S. The molecule has 3 N–H and O–H groups in total. The number of benzene rings is 3. The SMILES string of the molecule is NCCOCCN(c1ccccc1NCCCOc1ccc(Cl)cc1)S(=O)(=O)c1ccc(Cl)cc1. The third kappa shape index (κ3) is 8.02. The molecule has 3 aromatic carbocycles. The number of sulfonamides is 1. The highest BCUT2D eigenvalue weighted by Gasteiger charge is 2.26. The van der Waals surface area contributed by atoms with Crippen molar-refractivity contribution in [2.24, 2.45) is 5.73 Å². The predicted molar refractivity (Wildman–Crippen MR) is 142 cm³/mol. The molecule has 35 heavy (non-hydrogen) atoms. The minimum atomic E-state index is -3.87. The number of halogens is 2. The van der Waals surface area contributed by atoms with Crippen molar-refractivity contribution in [1.29, 1.82) is 0 Å². The Labute approximate surface area is 216 Å². The minimum absolute atomic E-state index is 0.128. The van der Waals surface area contributed by atoms with Crippen LogP contribution in [0.3, 0.4) is 0 Å². The number of nitrogens with one attached hydrogen (secondary N) is 1. The normalized spacial score (nSPS) is 11.3. The summed E-state index contributed by atoms with van der Waals surface area (Å²) in [5, 5.41) is 4.45. The Morgan fingerprint density at radius 1 is 0.857 bits per heavy atom. The molecule has 0 radical (unpaired) electrons. The van der Waals surface area contributed by atoms with Crippen LogP contribution in [0.1, 0.15) is 6.42 Å². The van der Waals surface area contributed by atoms with E-state index < -0.39 is 10.0 Å². The van der Waals surface area contributed by atoms with Gasteiger partial charge in [0.15, 0.2) is 0 Å². The molecule has 0 aliphatic heterocycles.